The third-order valence-electron chi connectivity index (χ3n) is 7.46. The zero-order valence-corrected chi connectivity index (χ0v) is 22.0. The van der Waals surface area contributed by atoms with Gasteiger partial charge in [0.15, 0.2) is 0 Å². The van der Waals surface area contributed by atoms with Gasteiger partial charge < -0.3 is 14.6 Å². The molecule has 3 atom stereocenters. The Morgan fingerprint density at radius 2 is 1.69 bits per heavy atom. The van der Waals surface area contributed by atoms with Crippen LogP contribution < -0.4 is 14.9 Å². The number of hydrogen-bond donors (Lipinski definition) is 2. The second-order valence-corrected chi connectivity index (χ2v) is 9.80. The molecule has 0 aromatic heterocycles. The van der Waals surface area contributed by atoms with E-state index < -0.39 is 34.9 Å². The molecule has 0 saturated carbocycles. The van der Waals surface area contributed by atoms with E-state index in [0.29, 0.717) is 27.4 Å². The van der Waals surface area contributed by atoms with Crippen molar-refractivity contribution in [2.75, 3.05) is 19.6 Å². The fourth-order valence-electron chi connectivity index (χ4n) is 5.81. The highest BCUT2D eigenvalue weighted by Gasteiger charge is 2.66. The number of rotatable bonds is 7. The predicted octanol–water partition coefficient (Wildman–Crippen LogP) is 5.75. The molecule has 1 aliphatic carbocycles. The molecule has 3 aromatic carbocycles. The maximum Gasteiger partial charge on any atom is 0.260 e. The SMILES string of the molecule is C=CC1=CC[C@H]2C(=O)N(Nc3ccc(F)cc3)C(=O)[C@@]2(c2ccc(Cl)cc2)[C@H]1c1c(OC)cc(O)cc1OC. The summed E-state index contributed by atoms with van der Waals surface area (Å²) in [6, 6.07) is 15.1. The molecular weight excluding hydrogens is 523 g/mol. The van der Waals surface area contributed by atoms with Gasteiger partial charge in [-0.2, -0.15) is 5.01 Å². The van der Waals surface area contributed by atoms with E-state index in [-0.39, 0.29) is 23.7 Å². The van der Waals surface area contributed by atoms with Gasteiger partial charge in [0.05, 0.1) is 31.2 Å². The second-order valence-electron chi connectivity index (χ2n) is 9.37. The smallest absolute Gasteiger partial charge is 0.260 e. The number of benzene rings is 3. The molecule has 2 aliphatic rings. The quantitative estimate of drug-likeness (QED) is 0.365. The average Bonchev–Trinajstić information content (AvgIpc) is 3.15. The fraction of sp³-hybridized carbons (Fsp3) is 0.200. The number of allylic oxidation sites excluding steroid dienone is 3. The third kappa shape index (κ3) is 4.12. The highest BCUT2D eigenvalue weighted by Crippen LogP contribution is 2.60. The standard InChI is InChI=1S/C30H26ClFN2O5/c1-4-17-5-14-23-28(36)34(33-21-12-10-20(32)11-13-21)29(37)30(23,18-6-8-19(31)9-7-18)27(17)26-24(38-2)15-22(35)16-25(26)39-3/h4-13,15-16,23,27,33,35H,1,14H2,2-3H3/t23-,27+,30+/m0/s1. The van der Waals surface area contributed by atoms with E-state index in [4.69, 9.17) is 21.1 Å². The van der Waals surface area contributed by atoms with Crippen molar-refractivity contribution in [3.63, 3.8) is 0 Å². The molecule has 0 unspecified atom stereocenters. The van der Waals surface area contributed by atoms with Gasteiger partial charge in [0, 0.05) is 28.6 Å². The van der Waals surface area contributed by atoms with Crippen LogP contribution in [0.25, 0.3) is 0 Å². The van der Waals surface area contributed by atoms with Gasteiger partial charge in [-0.25, -0.2) is 4.39 Å². The maximum atomic E-state index is 14.7. The summed E-state index contributed by atoms with van der Waals surface area (Å²) >= 11 is 6.23. The molecule has 2 N–H and O–H groups in total. The number of imide groups is 1. The van der Waals surface area contributed by atoms with Crippen LogP contribution in [0.3, 0.4) is 0 Å². The van der Waals surface area contributed by atoms with Gasteiger partial charge in [-0.05, 0) is 54.0 Å². The highest BCUT2D eigenvalue weighted by atomic mass is 35.5. The van der Waals surface area contributed by atoms with Crippen LogP contribution in [0, 0.1) is 11.7 Å². The number of halogens is 2. The zero-order valence-electron chi connectivity index (χ0n) is 21.3. The Balaban J connectivity index is 1.80. The van der Waals surface area contributed by atoms with Crippen LogP contribution in [0.1, 0.15) is 23.5 Å². The normalized spacial score (nSPS) is 22.3. The van der Waals surface area contributed by atoms with Crippen molar-refractivity contribution in [2.24, 2.45) is 5.92 Å². The minimum absolute atomic E-state index is 0.0853. The number of hydrazine groups is 1. The lowest BCUT2D eigenvalue weighted by Gasteiger charge is -2.43. The number of hydrogen-bond acceptors (Lipinski definition) is 6. The van der Waals surface area contributed by atoms with Crippen LogP contribution in [0.15, 0.2) is 85.0 Å². The van der Waals surface area contributed by atoms with E-state index in [0.717, 1.165) is 5.01 Å². The minimum atomic E-state index is -1.47. The lowest BCUT2D eigenvalue weighted by atomic mass is 9.55. The number of fused-ring (bicyclic) bond motifs is 1. The summed E-state index contributed by atoms with van der Waals surface area (Å²) in [4.78, 5) is 28.7. The number of carbonyl (C=O) groups is 2. The third-order valence-corrected chi connectivity index (χ3v) is 7.72. The van der Waals surface area contributed by atoms with Crippen molar-refractivity contribution in [1.82, 2.24) is 5.01 Å². The van der Waals surface area contributed by atoms with Crippen LogP contribution >= 0.6 is 11.6 Å². The van der Waals surface area contributed by atoms with Gasteiger partial charge in [0.1, 0.15) is 23.1 Å². The molecule has 9 heteroatoms. The predicted molar refractivity (Wildman–Crippen MR) is 145 cm³/mol. The van der Waals surface area contributed by atoms with Crippen molar-refractivity contribution >= 4 is 29.1 Å². The number of anilines is 1. The molecule has 5 rings (SSSR count). The molecule has 39 heavy (non-hydrogen) atoms. The molecule has 0 spiro atoms. The van der Waals surface area contributed by atoms with Gasteiger partial charge in [-0.15, -0.1) is 0 Å². The van der Waals surface area contributed by atoms with Crippen LogP contribution in [-0.4, -0.2) is 36.1 Å². The van der Waals surface area contributed by atoms with Gasteiger partial charge >= 0.3 is 0 Å². The van der Waals surface area contributed by atoms with Crippen molar-refractivity contribution in [1.29, 1.82) is 0 Å². The summed E-state index contributed by atoms with van der Waals surface area (Å²) in [5, 5.41) is 11.8. The monoisotopic (exact) mass is 548 g/mol. The van der Waals surface area contributed by atoms with Gasteiger partial charge in [-0.1, -0.05) is 42.5 Å². The Morgan fingerprint density at radius 3 is 2.26 bits per heavy atom. The van der Waals surface area contributed by atoms with Crippen LogP contribution in [0.2, 0.25) is 5.02 Å². The number of ether oxygens (including phenoxy) is 2. The van der Waals surface area contributed by atoms with Crippen LogP contribution in [0.4, 0.5) is 10.1 Å². The molecule has 1 fully saturated rings. The minimum Gasteiger partial charge on any atom is -0.508 e. The lowest BCUT2D eigenvalue weighted by molar-refractivity contribution is -0.138. The number of phenolic OH excluding ortho intramolecular Hbond substituents is 1. The summed E-state index contributed by atoms with van der Waals surface area (Å²) in [6.07, 6.45) is 3.79. The number of phenols is 1. The number of nitrogens with one attached hydrogen (secondary N) is 1. The highest BCUT2D eigenvalue weighted by molar-refractivity contribution is 6.30. The Kier molecular flexibility index (Phi) is 6.82. The van der Waals surface area contributed by atoms with E-state index in [1.54, 1.807) is 30.3 Å². The topological polar surface area (TPSA) is 88.1 Å². The van der Waals surface area contributed by atoms with Gasteiger partial charge in [-0.3, -0.25) is 15.0 Å². The summed E-state index contributed by atoms with van der Waals surface area (Å²) in [7, 11) is 2.91. The molecule has 200 valence electrons. The fourth-order valence-corrected chi connectivity index (χ4v) is 5.94. The van der Waals surface area contributed by atoms with Crippen molar-refractivity contribution in [3.8, 4) is 17.2 Å². The van der Waals surface area contributed by atoms with Crippen LogP contribution in [0.5, 0.6) is 17.2 Å². The Labute approximate surface area is 230 Å². The molecule has 3 aromatic rings. The molecule has 1 saturated heterocycles. The Morgan fingerprint density at radius 1 is 1.08 bits per heavy atom. The molecule has 0 bridgehead atoms. The number of carbonyl (C=O) groups excluding carboxylic acids is 2. The largest absolute Gasteiger partial charge is 0.508 e. The van der Waals surface area contributed by atoms with Gasteiger partial charge in [0.2, 0.25) is 0 Å². The number of amides is 2. The van der Waals surface area contributed by atoms with Crippen molar-refractivity contribution in [3.05, 3.63) is 107 Å². The first kappa shape index (κ1) is 26.3. The summed E-state index contributed by atoms with van der Waals surface area (Å²) < 4.78 is 24.9. The summed E-state index contributed by atoms with van der Waals surface area (Å²) in [6.45, 7) is 4.00. The Bertz CT molecular complexity index is 1460. The lowest BCUT2D eigenvalue weighted by Crippen LogP contribution is -2.48. The maximum absolute atomic E-state index is 14.7. The summed E-state index contributed by atoms with van der Waals surface area (Å²) in [5.74, 6) is -2.55. The molecule has 1 aliphatic heterocycles. The second kappa shape index (κ2) is 10.1. The Hall–Kier alpha value is -4.30. The summed E-state index contributed by atoms with van der Waals surface area (Å²) in [5.41, 5.74) is 3.53. The van der Waals surface area contributed by atoms with E-state index in [1.807, 2.05) is 6.08 Å². The average molecular weight is 549 g/mol. The molecule has 0 radical (unpaired) electrons. The van der Waals surface area contributed by atoms with Crippen molar-refractivity contribution in [2.45, 2.75) is 17.8 Å². The first-order chi connectivity index (χ1) is 18.8. The molecule has 2 amide bonds. The van der Waals surface area contributed by atoms with Crippen LogP contribution in [-0.2, 0) is 15.0 Å². The van der Waals surface area contributed by atoms with Crippen molar-refractivity contribution < 1.29 is 28.6 Å². The molecule has 1 heterocycles. The first-order valence-corrected chi connectivity index (χ1v) is 12.6. The van der Waals surface area contributed by atoms with Gasteiger partial charge in [0.25, 0.3) is 11.8 Å². The van der Waals surface area contributed by atoms with E-state index in [2.05, 4.69) is 12.0 Å². The van der Waals surface area contributed by atoms with E-state index in [1.165, 1.54) is 50.6 Å². The number of methoxy groups -OCH3 is 2. The number of nitrogens with zero attached hydrogens (tertiary/aromatic N) is 1. The van der Waals surface area contributed by atoms with E-state index in [9.17, 15) is 19.1 Å². The van der Waals surface area contributed by atoms with E-state index >= 15 is 0 Å². The number of aromatic hydroxyl groups is 1. The molecular formula is C30H26ClFN2O5. The first-order valence-electron chi connectivity index (χ1n) is 12.2. The zero-order chi connectivity index (χ0) is 27.9. The molecule has 7 nitrogen and oxygen atoms in total.